The van der Waals surface area contributed by atoms with Crippen LogP contribution in [0.4, 0.5) is 5.69 Å². The first-order valence-electron chi connectivity index (χ1n) is 8.82. The van der Waals surface area contributed by atoms with E-state index in [0.717, 1.165) is 15.6 Å². The summed E-state index contributed by atoms with van der Waals surface area (Å²) in [5.74, 6) is -0.0633. The van der Waals surface area contributed by atoms with Crippen LogP contribution in [0.1, 0.15) is 28.5 Å². The van der Waals surface area contributed by atoms with Crippen LogP contribution in [0, 0.1) is 10.1 Å². The standard InChI is InChI=1S/C20H18BrN5O4/c1-13(15-5-9-17(30-2)10-6-15)22-23-20(27)19-18(26(28)29)12-25(24-19)11-14-3-7-16(21)8-4-14/h3-10,12H,11H2,1-2H3,(H,23,27)/b22-13+. The van der Waals surface area contributed by atoms with Crippen molar-refractivity contribution in [3.05, 3.63) is 86.1 Å². The summed E-state index contributed by atoms with van der Waals surface area (Å²) in [7, 11) is 1.57. The maximum Gasteiger partial charge on any atom is 0.320 e. The number of hydrazone groups is 1. The van der Waals surface area contributed by atoms with Crippen LogP contribution in [0.5, 0.6) is 5.75 Å². The van der Waals surface area contributed by atoms with Crippen LogP contribution in [0.15, 0.2) is 64.3 Å². The van der Waals surface area contributed by atoms with Crippen LogP contribution in [-0.4, -0.2) is 33.4 Å². The van der Waals surface area contributed by atoms with E-state index in [9.17, 15) is 14.9 Å². The Labute approximate surface area is 180 Å². The monoisotopic (exact) mass is 471 g/mol. The van der Waals surface area contributed by atoms with Gasteiger partial charge in [0, 0.05) is 4.47 Å². The predicted octanol–water partition coefficient (Wildman–Crippen LogP) is 3.76. The zero-order chi connectivity index (χ0) is 21.7. The van der Waals surface area contributed by atoms with Gasteiger partial charge >= 0.3 is 5.69 Å². The lowest BCUT2D eigenvalue weighted by molar-refractivity contribution is -0.385. The molecule has 30 heavy (non-hydrogen) atoms. The molecular weight excluding hydrogens is 454 g/mol. The summed E-state index contributed by atoms with van der Waals surface area (Å²) < 4.78 is 7.38. The summed E-state index contributed by atoms with van der Waals surface area (Å²) >= 11 is 3.35. The lowest BCUT2D eigenvalue weighted by Gasteiger charge is -2.04. The molecule has 2 aromatic carbocycles. The van der Waals surface area contributed by atoms with Gasteiger partial charge in [0.2, 0.25) is 5.69 Å². The molecule has 0 atom stereocenters. The van der Waals surface area contributed by atoms with Crippen LogP contribution in [0.3, 0.4) is 0 Å². The molecule has 0 spiro atoms. The Morgan fingerprint density at radius 1 is 1.23 bits per heavy atom. The molecule has 0 aliphatic carbocycles. The lowest BCUT2D eigenvalue weighted by Crippen LogP contribution is -2.21. The summed E-state index contributed by atoms with van der Waals surface area (Å²) in [5, 5.41) is 19.5. The average molecular weight is 472 g/mol. The second-order valence-corrected chi connectivity index (χ2v) is 7.23. The molecule has 0 bridgehead atoms. The number of carbonyl (C=O) groups is 1. The Balaban J connectivity index is 1.77. The molecule has 1 heterocycles. The third kappa shape index (κ3) is 5.09. The van der Waals surface area contributed by atoms with Gasteiger partial charge in [-0.2, -0.15) is 10.2 Å². The van der Waals surface area contributed by atoms with Crippen LogP contribution in [0.2, 0.25) is 0 Å². The summed E-state index contributed by atoms with van der Waals surface area (Å²) in [6.07, 6.45) is 1.23. The number of nitrogens with zero attached hydrogens (tertiary/aromatic N) is 4. The zero-order valence-electron chi connectivity index (χ0n) is 16.2. The summed E-state index contributed by atoms with van der Waals surface area (Å²) in [4.78, 5) is 23.2. The molecule has 0 fully saturated rings. The van der Waals surface area contributed by atoms with E-state index < -0.39 is 10.8 Å². The average Bonchev–Trinajstić information content (AvgIpc) is 3.18. The molecule has 1 N–H and O–H groups in total. The Bertz CT molecular complexity index is 1090. The fourth-order valence-corrected chi connectivity index (χ4v) is 2.91. The van der Waals surface area contributed by atoms with Crippen molar-refractivity contribution < 1.29 is 14.5 Å². The highest BCUT2D eigenvalue weighted by Gasteiger charge is 2.25. The highest BCUT2D eigenvalue weighted by molar-refractivity contribution is 9.10. The number of benzene rings is 2. The van der Waals surface area contributed by atoms with E-state index in [1.807, 2.05) is 24.3 Å². The summed E-state index contributed by atoms with van der Waals surface area (Å²) in [6, 6.07) is 14.6. The third-order valence-corrected chi connectivity index (χ3v) is 4.77. The smallest absolute Gasteiger partial charge is 0.320 e. The maximum atomic E-state index is 12.5. The predicted molar refractivity (Wildman–Crippen MR) is 115 cm³/mol. The minimum Gasteiger partial charge on any atom is -0.497 e. The zero-order valence-corrected chi connectivity index (χ0v) is 17.8. The molecule has 0 radical (unpaired) electrons. The fraction of sp³-hybridized carbons (Fsp3) is 0.150. The first-order valence-corrected chi connectivity index (χ1v) is 9.62. The first kappa shape index (κ1) is 21.2. The first-order chi connectivity index (χ1) is 14.4. The quantitative estimate of drug-likeness (QED) is 0.320. The summed E-state index contributed by atoms with van der Waals surface area (Å²) in [6.45, 7) is 2.00. The van der Waals surface area contributed by atoms with Crippen LogP contribution in [0.25, 0.3) is 0 Å². The highest BCUT2D eigenvalue weighted by Crippen LogP contribution is 2.19. The molecule has 1 amide bonds. The van der Waals surface area contributed by atoms with E-state index >= 15 is 0 Å². The van der Waals surface area contributed by atoms with Crippen molar-refractivity contribution in [1.29, 1.82) is 0 Å². The largest absolute Gasteiger partial charge is 0.497 e. The maximum absolute atomic E-state index is 12.5. The summed E-state index contributed by atoms with van der Waals surface area (Å²) in [5.41, 5.74) is 3.83. The molecule has 9 nitrogen and oxygen atoms in total. The molecule has 1 aromatic heterocycles. The Morgan fingerprint density at radius 2 is 1.90 bits per heavy atom. The molecule has 0 unspecified atom stereocenters. The number of methoxy groups -OCH3 is 1. The van der Waals surface area contributed by atoms with Gasteiger partial charge in [0.05, 0.1) is 24.3 Å². The van der Waals surface area contributed by atoms with Gasteiger partial charge in [-0.05, 0) is 54.4 Å². The molecule has 154 valence electrons. The number of carbonyl (C=O) groups excluding carboxylic acids is 1. The number of amides is 1. The van der Waals surface area contributed by atoms with E-state index in [2.05, 4.69) is 31.6 Å². The number of nitrogens with one attached hydrogen (secondary N) is 1. The number of hydrogen-bond acceptors (Lipinski definition) is 6. The molecule has 3 aromatic rings. The molecule has 0 saturated heterocycles. The third-order valence-electron chi connectivity index (χ3n) is 4.24. The second-order valence-electron chi connectivity index (χ2n) is 6.31. The normalized spacial score (nSPS) is 11.2. The van der Waals surface area contributed by atoms with Gasteiger partial charge in [0.1, 0.15) is 11.9 Å². The molecular formula is C20H18BrN5O4. The van der Waals surface area contributed by atoms with Gasteiger partial charge in [0.25, 0.3) is 5.91 Å². The van der Waals surface area contributed by atoms with Gasteiger partial charge < -0.3 is 4.74 Å². The van der Waals surface area contributed by atoms with Crippen molar-refractivity contribution >= 4 is 33.2 Å². The number of hydrogen-bond donors (Lipinski definition) is 1. The van der Waals surface area contributed by atoms with Crippen LogP contribution < -0.4 is 10.2 Å². The van der Waals surface area contributed by atoms with E-state index in [-0.39, 0.29) is 17.9 Å². The van der Waals surface area contributed by atoms with Crippen molar-refractivity contribution in [2.75, 3.05) is 7.11 Å². The second kappa shape index (κ2) is 9.31. The van der Waals surface area contributed by atoms with E-state index in [0.29, 0.717) is 11.5 Å². The SMILES string of the molecule is COc1ccc(/C(C)=N/NC(=O)c2nn(Cc3ccc(Br)cc3)cc2[N+](=O)[O-])cc1. The Morgan fingerprint density at radius 3 is 2.50 bits per heavy atom. The molecule has 10 heteroatoms. The van der Waals surface area contributed by atoms with Crippen molar-refractivity contribution in [3.63, 3.8) is 0 Å². The van der Waals surface area contributed by atoms with E-state index in [1.165, 1.54) is 10.9 Å². The van der Waals surface area contributed by atoms with E-state index in [4.69, 9.17) is 4.74 Å². The topological polar surface area (TPSA) is 112 Å². The number of halogens is 1. The Hall–Kier alpha value is -3.53. The number of nitro groups is 1. The van der Waals surface area contributed by atoms with Crippen molar-refractivity contribution in [1.82, 2.24) is 15.2 Å². The van der Waals surface area contributed by atoms with Crippen molar-refractivity contribution in [2.45, 2.75) is 13.5 Å². The highest BCUT2D eigenvalue weighted by atomic mass is 79.9. The van der Waals surface area contributed by atoms with Crippen LogP contribution >= 0.6 is 15.9 Å². The minimum absolute atomic E-state index is 0.287. The van der Waals surface area contributed by atoms with Gasteiger partial charge in [-0.3, -0.25) is 19.6 Å². The van der Waals surface area contributed by atoms with Gasteiger partial charge in [-0.1, -0.05) is 28.1 Å². The molecule has 3 rings (SSSR count). The molecule has 0 aliphatic rings. The Kier molecular flexibility index (Phi) is 6.58. The number of aromatic nitrogens is 2. The number of rotatable bonds is 7. The van der Waals surface area contributed by atoms with Crippen molar-refractivity contribution in [3.8, 4) is 5.75 Å². The number of ether oxygens (including phenoxy) is 1. The van der Waals surface area contributed by atoms with Gasteiger partial charge in [-0.25, -0.2) is 5.43 Å². The lowest BCUT2D eigenvalue weighted by atomic mass is 10.1. The molecule has 0 saturated carbocycles. The van der Waals surface area contributed by atoms with Gasteiger partial charge in [-0.15, -0.1) is 0 Å². The minimum atomic E-state index is -0.760. The van der Waals surface area contributed by atoms with Crippen molar-refractivity contribution in [2.24, 2.45) is 5.10 Å². The van der Waals surface area contributed by atoms with Crippen LogP contribution in [-0.2, 0) is 6.54 Å². The molecule has 0 aliphatic heterocycles. The fourth-order valence-electron chi connectivity index (χ4n) is 2.65. The van der Waals surface area contributed by atoms with Gasteiger partial charge in [0.15, 0.2) is 0 Å². The van der Waals surface area contributed by atoms with E-state index in [1.54, 1.807) is 38.3 Å².